The molecule has 0 unspecified atom stereocenters. The fraction of sp³-hybridized carbons (Fsp3) is 0.438. The van der Waals surface area contributed by atoms with Crippen LogP contribution in [0.1, 0.15) is 34.3 Å². The first-order valence-electron chi connectivity index (χ1n) is 8.35. The molecule has 0 saturated carbocycles. The zero-order valence-electron chi connectivity index (χ0n) is 15.1. The number of carbonyl (C=O) groups excluding carboxylic acids is 2. The van der Waals surface area contributed by atoms with Crippen LogP contribution in [-0.2, 0) is 22.6 Å². The van der Waals surface area contributed by atoms with Crippen LogP contribution in [0.4, 0.5) is 5.69 Å². The summed E-state index contributed by atoms with van der Waals surface area (Å²) in [5.41, 5.74) is 0.391. The van der Waals surface area contributed by atoms with Gasteiger partial charge in [-0.2, -0.15) is 10.2 Å². The molecule has 0 fully saturated rings. The number of aryl methyl sites for hydroxylation is 2. The molecule has 0 bridgehead atoms. The molecule has 0 atom stereocenters. The van der Waals surface area contributed by atoms with Gasteiger partial charge in [0.15, 0.2) is 5.69 Å². The topological polar surface area (TPSA) is 140 Å². The van der Waals surface area contributed by atoms with E-state index in [1.807, 2.05) is 6.92 Å². The van der Waals surface area contributed by atoms with Gasteiger partial charge in [-0.25, -0.2) is 4.79 Å². The second kappa shape index (κ2) is 9.48. The minimum Gasteiger partial charge on any atom is -0.477 e. The van der Waals surface area contributed by atoms with Crippen molar-refractivity contribution in [2.45, 2.75) is 26.4 Å². The first-order valence-corrected chi connectivity index (χ1v) is 8.35. The van der Waals surface area contributed by atoms with Crippen LogP contribution in [0.3, 0.4) is 0 Å². The number of carboxylic acid groups (broad SMARTS) is 1. The van der Waals surface area contributed by atoms with Gasteiger partial charge in [0, 0.05) is 39.0 Å². The molecule has 0 aromatic carbocycles. The molecule has 2 amide bonds. The molecule has 146 valence electrons. The van der Waals surface area contributed by atoms with Crippen LogP contribution >= 0.6 is 0 Å². The number of nitrogens with one attached hydrogen (secondary N) is 2. The van der Waals surface area contributed by atoms with E-state index < -0.39 is 11.9 Å². The monoisotopic (exact) mass is 378 g/mol. The molecule has 2 heterocycles. The Morgan fingerprint density at radius 3 is 2.78 bits per heavy atom. The fourth-order valence-corrected chi connectivity index (χ4v) is 2.31. The molecule has 2 rings (SSSR count). The van der Waals surface area contributed by atoms with Crippen LogP contribution in [0.15, 0.2) is 18.5 Å². The number of hydrogen-bond donors (Lipinski definition) is 3. The van der Waals surface area contributed by atoms with E-state index in [9.17, 15) is 14.4 Å². The predicted octanol–water partition coefficient (Wildman–Crippen LogP) is 0.203. The van der Waals surface area contributed by atoms with Crippen LogP contribution in [0.25, 0.3) is 0 Å². The SMILES string of the molecule is CCn1cc(NC(=O)CCn2nccc2C(=O)O)c(C(=O)NCCOC)n1. The molecule has 11 nitrogen and oxygen atoms in total. The van der Waals surface area contributed by atoms with Gasteiger partial charge in [-0.3, -0.25) is 19.0 Å². The number of methoxy groups -OCH3 is 1. The molecule has 0 spiro atoms. The molecule has 0 aliphatic rings. The normalized spacial score (nSPS) is 10.6. The van der Waals surface area contributed by atoms with Crippen molar-refractivity contribution in [2.24, 2.45) is 0 Å². The Labute approximate surface area is 155 Å². The standard InChI is InChI=1S/C16H22N6O5/c1-3-21-10-11(14(20-21)15(24)17-7-9-27-2)19-13(23)5-8-22-12(16(25)26)4-6-18-22/h4,6,10H,3,5,7-9H2,1-2H3,(H,17,24)(H,19,23)(H,25,26). The van der Waals surface area contributed by atoms with E-state index in [0.29, 0.717) is 19.7 Å². The Kier molecular flexibility index (Phi) is 7.06. The number of carbonyl (C=O) groups is 3. The highest BCUT2D eigenvalue weighted by Crippen LogP contribution is 2.14. The Morgan fingerprint density at radius 2 is 2.11 bits per heavy atom. The summed E-state index contributed by atoms with van der Waals surface area (Å²) >= 11 is 0. The van der Waals surface area contributed by atoms with Crippen LogP contribution in [0, 0.1) is 0 Å². The minimum absolute atomic E-state index is 0.000174. The zero-order chi connectivity index (χ0) is 19.8. The van der Waals surface area contributed by atoms with E-state index in [0.717, 1.165) is 0 Å². The molecule has 2 aromatic heterocycles. The number of carboxylic acids is 1. The average Bonchev–Trinajstić information content (AvgIpc) is 3.26. The summed E-state index contributed by atoms with van der Waals surface area (Å²) in [6.07, 6.45) is 2.92. The van der Waals surface area contributed by atoms with Crippen LogP contribution in [0.5, 0.6) is 0 Å². The van der Waals surface area contributed by atoms with Crippen molar-refractivity contribution in [2.75, 3.05) is 25.6 Å². The third kappa shape index (κ3) is 5.38. The lowest BCUT2D eigenvalue weighted by Crippen LogP contribution is -2.28. The fourth-order valence-electron chi connectivity index (χ4n) is 2.31. The third-order valence-electron chi connectivity index (χ3n) is 3.65. The van der Waals surface area contributed by atoms with Crippen LogP contribution < -0.4 is 10.6 Å². The summed E-state index contributed by atoms with van der Waals surface area (Å²) < 4.78 is 7.65. The molecule has 0 saturated heterocycles. The highest BCUT2D eigenvalue weighted by Gasteiger charge is 2.19. The first-order chi connectivity index (χ1) is 13.0. The summed E-state index contributed by atoms with van der Waals surface area (Å²) in [4.78, 5) is 35.5. The van der Waals surface area contributed by atoms with Crippen LogP contribution in [0.2, 0.25) is 0 Å². The molecular weight excluding hydrogens is 356 g/mol. The maximum atomic E-state index is 12.2. The molecule has 0 aliphatic carbocycles. The Balaban J connectivity index is 2.01. The van der Waals surface area contributed by atoms with E-state index in [4.69, 9.17) is 9.84 Å². The van der Waals surface area contributed by atoms with Gasteiger partial charge in [0.25, 0.3) is 5.91 Å². The van der Waals surface area contributed by atoms with Crippen molar-refractivity contribution in [1.29, 1.82) is 0 Å². The summed E-state index contributed by atoms with van der Waals surface area (Å²) in [5, 5.41) is 22.4. The Bertz CT molecular complexity index is 812. The number of hydrogen-bond acceptors (Lipinski definition) is 6. The molecule has 2 aromatic rings. The van der Waals surface area contributed by atoms with Crippen molar-refractivity contribution < 1.29 is 24.2 Å². The number of amides is 2. The number of aromatic nitrogens is 4. The van der Waals surface area contributed by atoms with Gasteiger partial charge in [-0.1, -0.05) is 0 Å². The number of rotatable bonds is 10. The predicted molar refractivity (Wildman–Crippen MR) is 94.5 cm³/mol. The van der Waals surface area contributed by atoms with Crippen molar-refractivity contribution in [3.8, 4) is 0 Å². The second-order valence-electron chi connectivity index (χ2n) is 5.54. The highest BCUT2D eigenvalue weighted by atomic mass is 16.5. The maximum absolute atomic E-state index is 12.2. The average molecular weight is 378 g/mol. The molecule has 0 aliphatic heterocycles. The molecule has 11 heteroatoms. The van der Waals surface area contributed by atoms with E-state index in [1.54, 1.807) is 6.20 Å². The zero-order valence-corrected chi connectivity index (χ0v) is 15.1. The number of nitrogens with zero attached hydrogens (tertiary/aromatic N) is 4. The van der Waals surface area contributed by atoms with Gasteiger partial charge < -0.3 is 20.5 Å². The van der Waals surface area contributed by atoms with E-state index in [-0.39, 0.29) is 35.9 Å². The van der Waals surface area contributed by atoms with Gasteiger partial charge in [0.05, 0.1) is 18.8 Å². The van der Waals surface area contributed by atoms with E-state index in [2.05, 4.69) is 20.8 Å². The quantitative estimate of drug-likeness (QED) is 0.502. The van der Waals surface area contributed by atoms with Crippen molar-refractivity contribution in [3.63, 3.8) is 0 Å². The third-order valence-corrected chi connectivity index (χ3v) is 3.65. The van der Waals surface area contributed by atoms with Crippen molar-refractivity contribution in [3.05, 3.63) is 29.8 Å². The molecular formula is C16H22N6O5. The van der Waals surface area contributed by atoms with Crippen molar-refractivity contribution >= 4 is 23.5 Å². The first kappa shape index (κ1) is 20.1. The van der Waals surface area contributed by atoms with Gasteiger partial charge in [0.1, 0.15) is 5.69 Å². The minimum atomic E-state index is -1.12. The van der Waals surface area contributed by atoms with Crippen molar-refractivity contribution in [1.82, 2.24) is 24.9 Å². The smallest absolute Gasteiger partial charge is 0.354 e. The molecule has 3 N–H and O–H groups in total. The summed E-state index contributed by atoms with van der Waals surface area (Å²) in [5.74, 6) is -1.93. The second-order valence-corrected chi connectivity index (χ2v) is 5.54. The lowest BCUT2D eigenvalue weighted by molar-refractivity contribution is -0.116. The van der Waals surface area contributed by atoms with E-state index >= 15 is 0 Å². The number of aromatic carboxylic acids is 1. The highest BCUT2D eigenvalue weighted by molar-refractivity contribution is 6.02. The van der Waals surface area contributed by atoms with Gasteiger partial charge in [-0.05, 0) is 13.0 Å². The summed E-state index contributed by atoms with van der Waals surface area (Å²) in [6.45, 7) is 3.16. The summed E-state index contributed by atoms with van der Waals surface area (Å²) in [6, 6.07) is 1.36. The maximum Gasteiger partial charge on any atom is 0.354 e. The van der Waals surface area contributed by atoms with Gasteiger partial charge >= 0.3 is 5.97 Å². The number of anilines is 1. The lowest BCUT2D eigenvalue weighted by Gasteiger charge is -2.07. The summed E-state index contributed by atoms with van der Waals surface area (Å²) in [7, 11) is 1.53. The van der Waals surface area contributed by atoms with E-state index in [1.165, 1.54) is 28.7 Å². The van der Waals surface area contributed by atoms with Gasteiger partial charge in [0.2, 0.25) is 5.91 Å². The van der Waals surface area contributed by atoms with Gasteiger partial charge in [-0.15, -0.1) is 0 Å². The Hall–Kier alpha value is -3.21. The molecule has 0 radical (unpaired) electrons. The lowest BCUT2D eigenvalue weighted by atomic mass is 10.3. The molecule has 27 heavy (non-hydrogen) atoms. The Morgan fingerprint density at radius 1 is 1.33 bits per heavy atom. The largest absolute Gasteiger partial charge is 0.477 e. The number of ether oxygens (including phenoxy) is 1. The van der Waals surface area contributed by atoms with Crippen LogP contribution in [-0.4, -0.2) is 62.7 Å².